The number of hydrogen-bond acceptors (Lipinski definition) is 13. The van der Waals surface area contributed by atoms with Gasteiger partial charge in [0.15, 0.2) is 0 Å². The lowest BCUT2D eigenvalue weighted by Crippen LogP contribution is -2.67. The second kappa shape index (κ2) is 14.7. The lowest BCUT2D eigenvalue weighted by atomic mass is 9.33. The second-order valence-corrected chi connectivity index (χ2v) is 20.9. The van der Waals surface area contributed by atoms with Gasteiger partial charge in [-0.15, -0.1) is 0 Å². The van der Waals surface area contributed by atoms with E-state index in [0.29, 0.717) is 44.9 Å². The molecule has 7 rings (SSSR count). The predicted molar refractivity (Wildman–Crippen MR) is 203 cm³/mol. The van der Waals surface area contributed by atoms with Crippen LogP contribution in [0.2, 0.25) is 0 Å². The van der Waals surface area contributed by atoms with E-state index in [4.69, 9.17) is 14.2 Å². The molecule has 1 heterocycles. The van der Waals surface area contributed by atoms with E-state index in [0.717, 1.165) is 19.3 Å². The minimum atomic E-state index is -1.69. The minimum Gasteiger partial charge on any atom is -0.481 e. The van der Waals surface area contributed by atoms with Gasteiger partial charge in [-0.2, -0.15) is 0 Å². The summed E-state index contributed by atoms with van der Waals surface area (Å²) in [5.41, 5.74) is -2.06. The van der Waals surface area contributed by atoms with Gasteiger partial charge in [-0.3, -0.25) is 9.59 Å². The Morgan fingerprint density at radius 3 is 2.09 bits per heavy atom. The first-order chi connectivity index (χ1) is 26.6. The van der Waals surface area contributed by atoms with Crippen molar-refractivity contribution < 1.29 is 69.8 Å². The van der Waals surface area contributed by atoms with E-state index in [1.807, 2.05) is 0 Å². The van der Waals surface area contributed by atoms with Crippen LogP contribution in [0.15, 0.2) is 11.6 Å². The van der Waals surface area contributed by atoms with Crippen LogP contribution in [0.4, 0.5) is 0 Å². The molecule has 0 aromatic carbocycles. The monoisotopic (exact) mass is 808 g/mol. The number of hydrogen-bond donors (Lipinski definition) is 9. The number of fused-ring (bicyclic) bond motifs is 7. The fourth-order valence-corrected chi connectivity index (χ4v) is 14.0. The molecule has 1 saturated heterocycles. The zero-order valence-electron chi connectivity index (χ0n) is 34.4. The summed E-state index contributed by atoms with van der Waals surface area (Å²) in [4.78, 5) is 28.1. The molecule has 0 radical (unpaired) electrons. The number of esters is 1. The molecule has 14 nitrogen and oxygen atoms in total. The number of carbonyl (C=O) groups excluding carboxylic acids is 1. The molecule has 0 aromatic rings. The fraction of sp³-hybridized carbons (Fsp3) is 0.907. The molecule has 7 aliphatic rings. The van der Waals surface area contributed by atoms with Crippen molar-refractivity contribution in [3.63, 3.8) is 0 Å². The summed E-state index contributed by atoms with van der Waals surface area (Å²) in [6, 6.07) is 0. The number of ether oxygens (including phenoxy) is 3. The van der Waals surface area contributed by atoms with Crippen molar-refractivity contribution in [2.24, 2.45) is 56.2 Å². The summed E-state index contributed by atoms with van der Waals surface area (Å²) in [7, 11) is 0. The molecule has 6 aliphatic carbocycles. The van der Waals surface area contributed by atoms with Crippen molar-refractivity contribution in [2.75, 3.05) is 13.2 Å². The van der Waals surface area contributed by atoms with Crippen molar-refractivity contribution in [2.45, 2.75) is 173 Å². The van der Waals surface area contributed by atoms with E-state index >= 15 is 0 Å². The maximum absolute atomic E-state index is 14.6. The molecule has 0 aromatic heterocycles. The molecule has 0 bridgehead atoms. The van der Waals surface area contributed by atoms with Gasteiger partial charge in [-0.1, -0.05) is 46.3 Å². The summed E-state index contributed by atoms with van der Waals surface area (Å²) in [6.45, 7) is 12.1. The Morgan fingerprint density at radius 1 is 0.772 bits per heavy atom. The summed E-state index contributed by atoms with van der Waals surface area (Å²) >= 11 is 0. The van der Waals surface area contributed by atoms with Crippen molar-refractivity contribution >= 4 is 11.9 Å². The Morgan fingerprint density at radius 2 is 1.44 bits per heavy atom. The van der Waals surface area contributed by atoms with Gasteiger partial charge in [-0.25, -0.2) is 0 Å². The van der Waals surface area contributed by atoms with Crippen LogP contribution >= 0.6 is 0 Å². The van der Waals surface area contributed by atoms with Gasteiger partial charge in [0.1, 0.15) is 36.6 Å². The smallest absolute Gasteiger partial charge is 0.315 e. The molecular formula is C43H68O14. The zero-order chi connectivity index (χ0) is 41.8. The first-order valence-corrected chi connectivity index (χ1v) is 21.3. The van der Waals surface area contributed by atoms with E-state index in [1.165, 1.54) is 5.57 Å². The van der Waals surface area contributed by atoms with E-state index in [1.54, 1.807) is 6.92 Å². The number of aliphatic carboxylic acids is 1. The number of aliphatic hydroxyl groups excluding tert-OH is 8. The number of allylic oxidation sites excluding steroid dienone is 2. The first-order valence-electron chi connectivity index (χ1n) is 21.3. The Bertz CT molecular complexity index is 1580. The van der Waals surface area contributed by atoms with Crippen molar-refractivity contribution in [3.8, 4) is 0 Å². The topological polar surface area (TPSA) is 244 Å². The number of carboxylic acids is 1. The summed E-state index contributed by atoms with van der Waals surface area (Å²) in [5.74, 6) is -2.53. The highest BCUT2D eigenvalue weighted by Gasteiger charge is 2.71. The Kier molecular flexibility index (Phi) is 11.2. The largest absolute Gasteiger partial charge is 0.481 e. The third kappa shape index (κ3) is 6.31. The second-order valence-electron chi connectivity index (χ2n) is 20.9. The molecule has 6 fully saturated rings. The molecule has 1 aliphatic heterocycles. The summed E-state index contributed by atoms with van der Waals surface area (Å²) in [5, 5.41) is 94.2. The molecule has 0 amide bonds. The van der Waals surface area contributed by atoms with Crippen LogP contribution in [0.5, 0.6) is 0 Å². The number of carboxylic acid groups (broad SMARTS) is 1. The third-order valence-corrected chi connectivity index (χ3v) is 17.9. The number of aliphatic hydroxyl groups is 8. The number of carbonyl (C=O) groups is 2. The van der Waals surface area contributed by atoms with Gasteiger partial charge in [0.2, 0.25) is 6.29 Å². The van der Waals surface area contributed by atoms with E-state index in [9.17, 15) is 55.5 Å². The van der Waals surface area contributed by atoms with Crippen molar-refractivity contribution in [1.82, 2.24) is 0 Å². The quantitative estimate of drug-likeness (QED) is 0.132. The standard InChI is InChI=1S/C43H68O14/c1-38(2)13-15-43(37(54)57-35-34(51)33(50)31(48)25(20-45)56-35)16-14-40(4)22(23(43)18-38)7-8-26-39(3)11-10-28(42(6,36(52)53)27(39)9-12-41(26,40)5)55-24-17-21(19-44)29(46)32(49)30(24)47/h7,21,23-35,44-51H,8-20H2,1-6H3,(H,52,53). The lowest BCUT2D eigenvalue weighted by Gasteiger charge is -2.71. The average Bonchev–Trinajstić information content (AvgIpc) is 3.16. The highest BCUT2D eigenvalue weighted by molar-refractivity contribution is 5.79. The molecule has 14 heteroatoms. The minimum absolute atomic E-state index is 0.0724. The third-order valence-electron chi connectivity index (χ3n) is 17.9. The van der Waals surface area contributed by atoms with Crippen molar-refractivity contribution in [1.29, 1.82) is 0 Å². The normalized spacial score (nSPS) is 53.3. The summed E-state index contributed by atoms with van der Waals surface area (Å²) < 4.78 is 18.1. The molecule has 0 spiro atoms. The van der Waals surface area contributed by atoms with Crippen LogP contribution in [0.1, 0.15) is 112 Å². The van der Waals surface area contributed by atoms with Gasteiger partial charge < -0.3 is 60.2 Å². The maximum atomic E-state index is 14.6. The van der Waals surface area contributed by atoms with Gasteiger partial charge in [0.05, 0.1) is 35.7 Å². The highest BCUT2D eigenvalue weighted by atomic mass is 16.7. The molecular weight excluding hydrogens is 740 g/mol. The molecule has 9 N–H and O–H groups in total. The van der Waals surface area contributed by atoms with Crippen LogP contribution in [0.3, 0.4) is 0 Å². The van der Waals surface area contributed by atoms with E-state index in [-0.39, 0.29) is 40.4 Å². The van der Waals surface area contributed by atoms with Gasteiger partial charge in [0, 0.05) is 12.5 Å². The molecule has 19 atom stereocenters. The Labute approximate surface area is 335 Å². The SMILES string of the molecule is CC1(C)CCC2(C(=O)OC3OC(CO)C(O)C(O)C3O)CCC3(C)C(=CCC4C5(C)CCC(OC6CC(CO)C(O)C(O)C6O)C(C)(C(=O)O)C5CCC43C)C2C1. The molecule has 57 heavy (non-hydrogen) atoms. The van der Waals surface area contributed by atoms with Crippen LogP contribution in [-0.4, -0.2) is 132 Å². The first kappa shape index (κ1) is 43.4. The van der Waals surface area contributed by atoms with E-state index < -0.39 is 109 Å². The van der Waals surface area contributed by atoms with E-state index in [2.05, 4.69) is 40.7 Å². The number of rotatable bonds is 7. The molecule has 324 valence electrons. The van der Waals surface area contributed by atoms with Gasteiger partial charge in [0.25, 0.3) is 0 Å². The highest BCUT2D eigenvalue weighted by Crippen LogP contribution is 2.76. The Hall–Kier alpha value is -1.72. The lowest BCUT2D eigenvalue weighted by molar-refractivity contribution is -0.297. The fourth-order valence-electron chi connectivity index (χ4n) is 14.0. The van der Waals surface area contributed by atoms with Gasteiger partial charge >= 0.3 is 11.9 Å². The van der Waals surface area contributed by atoms with Crippen LogP contribution in [0, 0.1) is 56.2 Å². The van der Waals surface area contributed by atoms with Gasteiger partial charge in [-0.05, 0) is 117 Å². The summed E-state index contributed by atoms with van der Waals surface area (Å²) in [6.07, 6.45) is -4.74. The van der Waals surface area contributed by atoms with Crippen molar-refractivity contribution in [3.05, 3.63) is 11.6 Å². The van der Waals surface area contributed by atoms with Crippen LogP contribution in [-0.2, 0) is 23.8 Å². The Balaban J connectivity index is 1.19. The maximum Gasteiger partial charge on any atom is 0.315 e. The predicted octanol–water partition coefficient (Wildman–Crippen LogP) is 2.04. The molecule has 5 saturated carbocycles. The molecule has 19 unspecified atom stereocenters. The van der Waals surface area contributed by atoms with Crippen LogP contribution < -0.4 is 0 Å². The van der Waals surface area contributed by atoms with Crippen LogP contribution in [0.25, 0.3) is 0 Å². The zero-order valence-corrected chi connectivity index (χ0v) is 34.4. The average molecular weight is 809 g/mol.